The molecule has 0 aromatic rings. The van der Waals surface area contributed by atoms with Crippen molar-refractivity contribution in [1.29, 1.82) is 0 Å². The fourth-order valence-corrected chi connectivity index (χ4v) is 5.75. The van der Waals surface area contributed by atoms with E-state index in [-0.39, 0.29) is 11.0 Å². The molecule has 0 bridgehead atoms. The Bertz CT molecular complexity index is 459. The molecule has 0 aliphatic heterocycles. The summed E-state index contributed by atoms with van der Waals surface area (Å²) in [4.78, 5) is 0. The maximum Gasteiger partial charge on any atom is 0.0934 e. The Hall–Kier alpha value is -0.410. The minimum absolute atomic E-state index is 0.194. The lowest BCUT2D eigenvalue weighted by molar-refractivity contribution is -0.122. The quantitative estimate of drug-likeness (QED) is 0.224. The molecule has 3 aliphatic carbocycles. The normalized spacial score (nSPS) is 37.6. The van der Waals surface area contributed by atoms with E-state index >= 15 is 0 Å². The molecular weight excluding hydrogens is 352 g/mol. The zero-order valence-electron chi connectivity index (χ0n) is 18.3. The van der Waals surface area contributed by atoms with E-state index in [0.717, 1.165) is 24.7 Å². The van der Waals surface area contributed by atoms with Crippen LogP contribution in [0.4, 0.5) is 0 Å². The Balaban J connectivity index is 0.000000390. The highest BCUT2D eigenvalue weighted by molar-refractivity contribution is 7.75. The zero-order chi connectivity index (χ0) is 20.5. The largest absolute Gasteiger partial charge is 0.437 e. The molecule has 0 amide bonds. The zero-order valence-corrected chi connectivity index (χ0v) is 19.2. The molecule has 0 radical (unpaired) electrons. The summed E-state index contributed by atoms with van der Waals surface area (Å²) in [6.07, 6.45) is 15.8. The second-order valence-electron chi connectivity index (χ2n) is 9.49. The smallest absolute Gasteiger partial charge is 0.0934 e. The van der Waals surface area contributed by atoms with E-state index in [4.69, 9.17) is 0 Å². The number of thiol groups is 1. The minimum Gasteiger partial charge on any atom is -0.437 e. The molecule has 2 nitrogen and oxygen atoms in total. The molecule has 3 fully saturated rings. The van der Waals surface area contributed by atoms with Gasteiger partial charge in [0.1, 0.15) is 0 Å². The second-order valence-corrected chi connectivity index (χ2v) is 9.70. The molecule has 3 saturated carbocycles. The highest BCUT2D eigenvalue weighted by Crippen LogP contribution is 2.57. The molecular formula is C24H44O2S. The first-order valence-electron chi connectivity index (χ1n) is 11.0. The number of allylic oxidation sites excluding steroid dienone is 1. The molecule has 0 saturated heterocycles. The molecule has 0 aromatic carbocycles. The molecule has 158 valence electrons. The average Bonchev–Trinajstić information content (AvgIpc) is 2.97. The SMILES string of the molecule is C=C(C)C.C=COS.CC[C@]1(C)CCC[C@]1(O)C1CCC2CCCCC2C1. The van der Waals surface area contributed by atoms with Gasteiger partial charge in [-0.05, 0) is 82.0 Å². The Kier molecular flexibility index (Phi) is 10.5. The van der Waals surface area contributed by atoms with Crippen molar-refractivity contribution in [2.45, 2.75) is 104 Å². The van der Waals surface area contributed by atoms with E-state index in [2.05, 4.69) is 44.1 Å². The Morgan fingerprint density at radius 2 is 1.67 bits per heavy atom. The van der Waals surface area contributed by atoms with Crippen molar-refractivity contribution < 1.29 is 9.29 Å². The summed E-state index contributed by atoms with van der Waals surface area (Å²) >= 11 is 3.30. The summed E-state index contributed by atoms with van der Waals surface area (Å²) in [5, 5.41) is 11.4. The van der Waals surface area contributed by atoms with E-state index in [1.54, 1.807) is 0 Å². The van der Waals surface area contributed by atoms with Crippen LogP contribution in [0.3, 0.4) is 0 Å². The fourth-order valence-electron chi connectivity index (χ4n) is 5.75. The Morgan fingerprint density at radius 1 is 1.11 bits per heavy atom. The van der Waals surface area contributed by atoms with Gasteiger partial charge in [0, 0.05) is 12.9 Å². The first-order chi connectivity index (χ1) is 12.7. The molecule has 3 unspecified atom stereocenters. The van der Waals surface area contributed by atoms with Crippen molar-refractivity contribution in [2.75, 3.05) is 0 Å². The van der Waals surface area contributed by atoms with Crippen LogP contribution in [0.1, 0.15) is 98.3 Å². The van der Waals surface area contributed by atoms with Gasteiger partial charge in [-0.2, -0.15) is 0 Å². The van der Waals surface area contributed by atoms with Crippen molar-refractivity contribution in [3.05, 3.63) is 25.0 Å². The van der Waals surface area contributed by atoms with Gasteiger partial charge in [-0.1, -0.05) is 51.7 Å². The van der Waals surface area contributed by atoms with Crippen LogP contribution in [0.5, 0.6) is 0 Å². The lowest BCUT2D eigenvalue weighted by Crippen LogP contribution is -2.50. The lowest BCUT2D eigenvalue weighted by atomic mass is 9.58. The van der Waals surface area contributed by atoms with Gasteiger partial charge in [0.25, 0.3) is 0 Å². The summed E-state index contributed by atoms with van der Waals surface area (Å²) in [6, 6.07) is 0. The van der Waals surface area contributed by atoms with Gasteiger partial charge >= 0.3 is 0 Å². The second kappa shape index (κ2) is 11.6. The third-order valence-electron chi connectivity index (χ3n) is 7.40. The van der Waals surface area contributed by atoms with Gasteiger partial charge in [-0.25, -0.2) is 0 Å². The molecule has 3 heteroatoms. The van der Waals surface area contributed by atoms with Crippen LogP contribution < -0.4 is 0 Å². The summed E-state index contributed by atoms with van der Waals surface area (Å²) in [5.74, 6) is 2.54. The van der Waals surface area contributed by atoms with Gasteiger partial charge in [-0.15, -0.1) is 6.58 Å². The molecule has 0 spiro atoms. The molecule has 3 rings (SSSR count). The molecule has 1 N–H and O–H groups in total. The van der Waals surface area contributed by atoms with Crippen molar-refractivity contribution in [2.24, 2.45) is 23.2 Å². The Morgan fingerprint density at radius 3 is 2.19 bits per heavy atom. The van der Waals surface area contributed by atoms with Crippen LogP contribution in [0.2, 0.25) is 0 Å². The molecule has 27 heavy (non-hydrogen) atoms. The maximum atomic E-state index is 11.4. The van der Waals surface area contributed by atoms with E-state index in [9.17, 15) is 5.11 Å². The van der Waals surface area contributed by atoms with Gasteiger partial charge in [0.2, 0.25) is 0 Å². The van der Waals surface area contributed by atoms with E-state index in [1.165, 1.54) is 69.6 Å². The van der Waals surface area contributed by atoms with Gasteiger partial charge in [-0.3, -0.25) is 0 Å². The highest BCUT2D eigenvalue weighted by Gasteiger charge is 2.55. The van der Waals surface area contributed by atoms with Crippen molar-refractivity contribution in [3.63, 3.8) is 0 Å². The number of hydrogen-bond donors (Lipinski definition) is 2. The van der Waals surface area contributed by atoms with Gasteiger partial charge in [0.15, 0.2) is 0 Å². The third-order valence-corrected chi connectivity index (χ3v) is 7.55. The van der Waals surface area contributed by atoms with E-state index in [0.29, 0.717) is 5.92 Å². The fraction of sp³-hybridized carbons (Fsp3) is 0.833. The number of hydrogen-bond acceptors (Lipinski definition) is 3. The predicted octanol–water partition coefficient (Wildman–Crippen LogP) is 7.50. The minimum atomic E-state index is -0.343. The molecule has 0 aromatic heterocycles. The predicted molar refractivity (Wildman–Crippen MR) is 121 cm³/mol. The van der Waals surface area contributed by atoms with Crippen LogP contribution in [-0.2, 0) is 4.18 Å². The lowest BCUT2D eigenvalue weighted by Gasteiger charge is -2.50. The van der Waals surface area contributed by atoms with Crippen molar-refractivity contribution in [3.8, 4) is 0 Å². The van der Waals surface area contributed by atoms with E-state index < -0.39 is 0 Å². The maximum absolute atomic E-state index is 11.4. The highest BCUT2D eigenvalue weighted by atomic mass is 32.1. The van der Waals surface area contributed by atoms with Crippen LogP contribution in [-0.4, -0.2) is 10.7 Å². The average molecular weight is 397 g/mol. The topological polar surface area (TPSA) is 29.5 Å². The van der Waals surface area contributed by atoms with Crippen LogP contribution in [0, 0.1) is 23.2 Å². The van der Waals surface area contributed by atoms with Gasteiger partial charge in [0.05, 0.1) is 11.9 Å². The Labute approximate surface area is 174 Å². The van der Waals surface area contributed by atoms with Gasteiger partial charge < -0.3 is 9.29 Å². The standard InChI is InChI=1S/C18H32O.C4H8.C2H4OS/c1-3-17(2)11-6-12-18(17,19)16-10-9-14-7-4-5-8-15(14)13-16;1-4(2)3;1-2-3-4/h14-16,19H,3-13H2,1-2H3;1H2,2-3H3;2,4H,1H2/t14?,15?,16?,17-,18+;;/m1../s1. The van der Waals surface area contributed by atoms with Crippen LogP contribution in [0.15, 0.2) is 25.0 Å². The van der Waals surface area contributed by atoms with Crippen molar-refractivity contribution >= 4 is 12.9 Å². The van der Waals surface area contributed by atoms with Crippen LogP contribution >= 0.6 is 12.9 Å². The first-order valence-corrected chi connectivity index (χ1v) is 11.4. The summed E-state index contributed by atoms with van der Waals surface area (Å²) in [6.45, 7) is 15.3. The van der Waals surface area contributed by atoms with Crippen molar-refractivity contribution in [1.82, 2.24) is 0 Å². The molecule has 0 heterocycles. The summed E-state index contributed by atoms with van der Waals surface area (Å²) < 4.78 is 4.00. The number of rotatable bonds is 3. The van der Waals surface area contributed by atoms with E-state index in [1.807, 2.05) is 13.8 Å². The third kappa shape index (κ3) is 6.56. The van der Waals surface area contributed by atoms with Crippen LogP contribution in [0.25, 0.3) is 0 Å². The first kappa shape index (κ1) is 24.6. The molecule has 3 aliphatic rings. The molecule has 5 atom stereocenters. The monoisotopic (exact) mass is 396 g/mol. The number of fused-ring (bicyclic) bond motifs is 1. The summed E-state index contributed by atoms with van der Waals surface area (Å²) in [5.41, 5.74) is 1.02. The number of aliphatic hydroxyl groups is 1. The summed E-state index contributed by atoms with van der Waals surface area (Å²) in [7, 11) is 0.